The van der Waals surface area contributed by atoms with E-state index in [0.717, 1.165) is 0 Å². The summed E-state index contributed by atoms with van der Waals surface area (Å²) in [7, 11) is 2.85. The van der Waals surface area contributed by atoms with Gasteiger partial charge in [0, 0.05) is 13.5 Å². The molecule has 0 bridgehead atoms. The van der Waals surface area contributed by atoms with Crippen LogP contribution in [0.15, 0.2) is 16.5 Å². The van der Waals surface area contributed by atoms with Gasteiger partial charge in [0.1, 0.15) is 0 Å². The predicted molar refractivity (Wildman–Crippen MR) is 60.1 cm³/mol. The van der Waals surface area contributed by atoms with Crippen LogP contribution in [0.1, 0.15) is 40.9 Å². The van der Waals surface area contributed by atoms with Crippen molar-refractivity contribution in [3.8, 4) is 0 Å². The van der Waals surface area contributed by atoms with Crippen LogP contribution >= 0.6 is 0 Å². The second kappa shape index (κ2) is 6.20. The lowest BCUT2D eigenvalue weighted by molar-refractivity contribution is 0.0562. The van der Waals surface area contributed by atoms with E-state index in [4.69, 9.17) is 9.15 Å². The Morgan fingerprint density at radius 3 is 2.53 bits per heavy atom. The summed E-state index contributed by atoms with van der Waals surface area (Å²) in [6.07, 6.45) is 0.959. The van der Waals surface area contributed by atoms with Crippen LogP contribution in [-0.4, -0.2) is 32.1 Å². The van der Waals surface area contributed by atoms with Gasteiger partial charge >= 0.3 is 5.97 Å². The number of ether oxygens (including phenoxy) is 2. The molecule has 5 nitrogen and oxygen atoms in total. The van der Waals surface area contributed by atoms with Crippen molar-refractivity contribution in [2.24, 2.45) is 0 Å². The van der Waals surface area contributed by atoms with Gasteiger partial charge in [-0.05, 0) is 25.5 Å². The molecule has 1 aromatic heterocycles. The second-order valence-electron chi connectivity index (χ2n) is 3.66. The van der Waals surface area contributed by atoms with Crippen molar-refractivity contribution in [3.63, 3.8) is 0 Å². The van der Waals surface area contributed by atoms with Gasteiger partial charge in [0.2, 0.25) is 5.76 Å². The number of hydrogen-bond acceptors (Lipinski definition) is 5. The zero-order chi connectivity index (χ0) is 12.8. The summed E-state index contributed by atoms with van der Waals surface area (Å²) in [5.74, 6) is -0.525. The fourth-order valence-corrected chi connectivity index (χ4v) is 1.27. The molecule has 94 valence electrons. The first-order valence-electron chi connectivity index (χ1n) is 5.32. The van der Waals surface area contributed by atoms with E-state index >= 15 is 0 Å². The number of furan rings is 1. The molecule has 0 fully saturated rings. The van der Waals surface area contributed by atoms with Crippen LogP contribution in [0, 0.1) is 0 Å². The molecule has 1 heterocycles. The third-order valence-corrected chi connectivity index (χ3v) is 2.45. The molecule has 0 saturated carbocycles. The molecular formula is C12H16O5. The molecule has 1 atom stereocenters. The molecule has 0 saturated heterocycles. The van der Waals surface area contributed by atoms with Crippen LogP contribution in [0.2, 0.25) is 0 Å². The molecule has 5 heteroatoms. The molecule has 1 aromatic rings. The van der Waals surface area contributed by atoms with E-state index in [1.165, 1.54) is 19.2 Å². The molecule has 0 N–H and O–H groups in total. The van der Waals surface area contributed by atoms with Gasteiger partial charge in [-0.3, -0.25) is 4.79 Å². The predicted octanol–water partition coefficient (Wildman–Crippen LogP) is 2.06. The number of methoxy groups -OCH3 is 2. The van der Waals surface area contributed by atoms with E-state index in [1.54, 1.807) is 7.11 Å². The van der Waals surface area contributed by atoms with Crippen LogP contribution in [0.4, 0.5) is 0 Å². The maximum absolute atomic E-state index is 11.7. The summed E-state index contributed by atoms with van der Waals surface area (Å²) in [5, 5.41) is 0. The Hall–Kier alpha value is -1.62. The molecule has 0 spiro atoms. The van der Waals surface area contributed by atoms with E-state index in [0.29, 0.717) is 12.8 Å². The first kappa shape index (κ1) is 13.4. The molecule has 1 rings (SSSR count). The van der Waals surface area contributed by atoms with Crippen molar-refractivity contribution in [1.29, 1.82) is 0 Å². The minimum Gasteiger partial charge on any atom is -0.463 e. The molecule has 0 radical (unpaired) electrons. The minimum absolute atomic E-state index is 0.0222. The quantitative estimate of drug-likeness (QED) is 0.562. The first-order chi connectivity index (χ1) is 8.08. The number of Topliss-reactive ketones (excluding diaryl/α,β-unsaturated/α-hetero) is 1. The lowest BCUT2D eigenvalue weighted by atomic mass is 10.1. The zero-order valence-corrected chi connectivity index (χ0v) is 10.2. The van der Waals surface area contributed by atoms with Crippen molar-refractivity contribution >= 4 is 11.8 Å². The average molecular weight is 240 g/mol. The van der Waals surface area contributed by atoms with Gasteiger partial charge in [-0.2, -0.15) is 0 Å². The zero-order valence-electron chi connectivity index (χ0n) is 10.2. The Bertz CT molecular complexity index is 393. The van der Waals surface area contributed by atoms with Gasteiger partial charge in [-0.25, -0.2) is 4.79 Å². The number of carbonyl (C=O) groups excluding carboxylic acids is 2. The molecular weight excluding hydrogens is 224 g/mol. The van der Waals surface area contributed by atoms with Crippen molar-refractivity contribution in [2.45, 2.75) is 25.9 Å². The molecule has 0 aromatic carbocycles. The molecule has 0 aliphatic rings. The summed E-state index contributed by atoms with van der Waals surface area (Å²) >= 11 is 0. The van der Waals surface area contributed by atoms with Crippen molar-refractivity contribution in [2.75, 3.05) is 14.2 Å². The van der Waals surface area contributed by atoms with Crippen molar-refractivity contribution in [3.05, 3.63) is 23.7 Å². The Labute approximate surface area is 99.7 Å². The number of esters is 1. The number of hydrogen-bond donors (Lipinski definition) is 0. The van der Waals surface area contributed by atoms with E-state index in [1.807, 2.05) is 6.92 Å². The maximum atomic E-state index is 11.7. The Morgan fingerprint density at radius 2 is 1.94 bits per heavy atom. The number of carbonyl (C=O) groups is 2. The fraction of sp³-hybridized carbons (Fsp3) is 0.500. The lowest BCUT2D eigenvalue weighted by Gasteiger charge is -2.06. The smallest absolute Gasteiger partial charge is 0.373 e. The van der Waals surface area contributed by atoms with Gasteiger partial charge < -0.3 is 13.9 Å². The average Bonchev–Trinajstić information content (AvgIpc) is 2.83. The summed E-state index contributed by atoms with van der Waals surface area (Å²) < 4.78 is 14.6. The minimum atomic E-state index is -0.589. The first-order valence-corrected chi connectivity index (χ1v) is 5.32. The fourth-order valence-electron chi connectivity index (χ4n) is 1.27. The maximum Gasteiger partial charge on any atom is 0.373 e. The molecule has 0 aliphatic carbocycles. The van der Waals surface area contributed by atoms with E-state index in [2.05, 4.69) is 4.74 Å². The van der Waals surface area contributed by atoms with Crippen molar-refractivity contribution < 1.29 is 23.5 Å². The number of rotatable bonds is 6. The van der Waals surface area contributed by atoms with Crippen LogP contribution in [-0.2, 0) is 9.47 Å². The van der Waals surface area contributed by atoms with Gasteiger partial charge in [-0.15, -0.1) is 0 Å². The largest absolute Gasteiger partial charge is 0.463 e. The van der Waals surface area contributed by atoms with E-state index in [9.17, 15) is 9.59 Å². The van der Waals surface area contributed by atoms with Gasteiger partial charge in [0.25, 0.3) is 0 Å². The highest BCUT2D eigenvalue weighted by molar-refractivity contribution is 5.95. The molecule has 17 heavy (non-hydrogen) atoms. The summed E-state index contributed by atoms with van der Waals surface area (Å²) in [5.41, 5.74) is 0. The lowest BCUT2D eigenvalue weighted by Crippen LogP contribution is -2.08. The molecule has 0 aliphatic heterocycles. The van der Waals surface area contributed by atoms with Crippen LogP contribution in [0.5, 0.6) is 0 Å². The van der Waals surface area contributed by atoms with Crippen LogP contribution in [0.25, 0.3) is 0 Å². The monoisotopic (exact) mass is 240 g/mol. The highest BCUT2D eigenvalue weighted by Gasteiger charge is 2.16. The normalized spacial score (nSPS) is 12.2. The van der Waals surface area contributed by atoms with Crippen molar-refractivity contribution in [1.82, 2.24) is 0 Å². The SMILES string of the molecule is COC(=O)c1ccc(C(=O)CCC(C)OC)o1. The van der Waals surface area contributed by atoms with Gasteiger partial charge in [-0.1, -0.05) is 0 Å². The van der Waals surface area contributed by atoms with Gasteiger partial charge in [0.15, 0.2) is 11.5 Å². The standard InChI is InChI=1S/C12H16O5/c1-8(15-2)4-5-9(13)10-6-7-11(17-10)12(14)16-3/h6-8H,4-5H2,1-3H3. The third kappa shape index (κ3) is 3.71. The van der Waals surface area contributed by atoms with E-state index < -0.39 is 5.97 Å². The number of ketones is 1. The topological polar surface area (TPSA) is 65.7 Å². The summed E-state index contributed by atoms with van der Waals surface area (Å²) in [6, 6.07) is 2.91. The highest BCUT2D eigenvalue weighted by atomic mass is 16.5. The Balaban J connectivity index is 2.58. The summed E-state index contributed by atoms with van der Waals surface area (Å²) in [6.45, 7) is 1.88. The third-order valence-electron chi connectivity index (χ3n) is 2.45. The van der Waals surface area contributed by atoms with Crippen LogP contribution in [0.3, 0.4) is 0 Å². The second-order valence-corrected chi connectivity index (χ2v) is 3.66. The van der Waals surface area contributed by atoms with Gasteiger partial charge in [0.05, 0.1) is 13.2 Å². The highest BCUT2D eigenvalue weighted by Crippen LogP contribution is 2.13. The van der Waals surface area contributed by atoms with Crippen LogP contribution < -0.4 is 0 Å². The summed E-state index contributed by atoms with van der Waals surface area (Å²) in [4.78, 5) is 22.8. The Morgan fingerprint density at radius 1 is 1.29 bits per heavy atom. The van der Waals surface area contributed by atoms with E-state index in [-0.39, 0.29) is 23.4 Å². The Kier molecular flexibility index (Phi) is 4.90. The molecule has 0 amide bonds. The molecule has 1 unspecified atom stereocenters.